The van der Waals surface area contributed by atoms with Crippen LogP contribution in [-0.2, 0) is 4.74 Å². The first-order chi connectivity index (χ1) is 10.3. The second-order valence-electron chi connectivity index (χ2n) is 4.81. The van der Waals surface area contributed by atoms with E-state index in [1.807, 2.05) is 42.5 Å². The van der Waals surface area contributed by atoms with Gasteiger partial charge < -0.3 is 4.74 Å². The Kier molecular flexibility index (Phi) is 2.60. The molecule has 6 heteroatoms. The van der Waals surface area contributed by atoms with Gasteiger partial charge in [-0.1, -0.05) is 18.2 Å². The highest BCUT2D eigenvalue weighted by molar-refractivity contribution is 5.91. The number of carbonyl (C=O) groups is 1. The molecule has 2 aromatic heterocycles. The van der Waals surface area contributed by atoms with Crippen molar-refractivity contribution in [1.29, 1.82) is 0 Å². The van der Waals surface area contributed by atoms with E-state index in [2.05, 4.69) is 15.2 Å². The third kappa shape index (κ3) is 1.84. The number of anilines is 1. The van der Waals surface area contributed by atoms with Crippen LogP contribution >= 0.6 is 0 Å². The highest BCUT2D eigenvalue weighted by Crippen LogP contribution is 2.34. The smallest absolute Gasteiger partial charge is 0.415 e. The van der Waals surface area contributed by atoms with E-state index < -0.39 is 0 Å². The SMILES string of the molecule is O=C1OCC(c2[nH]nc3cccnc23)N1c1ccccc1. The highest BCUT2D eigenvalue weighted by Gasteiger charge is 2.37. The molecule has 0 saturated carbocycles. The Bertz CT molecular complexity index is 800. The normalized spacial score (nSPS) is 18.2. The monoisotopic (exact) mass is 280 g/mol. The molecule has 1 aliphatic rings. The van der Waals surface area contributed by atoms with Crippen LogP contribution in [0.5, 0.6) is 0 Å². The van der Waals surface area contributed by atoms with Gasteiger partial charge in [-0.2, -0.15) is 5.10 Å². The first-order valence-corrected chi connectivity index (χ1v) is 6.64. The van der Waals surface area contributed by atoms with Crippen molar-refractivity contribution >= 4 is 22.8 Å². The van der Waals surface area contributed by atoms with E-state index in [9.17, 15) is 4.79 Å². The van der Waals surface area contributed by atoms with Crippen LogP contribution in [0.15, 0.2) is 48.7 Å². The lowest BCUT2D eigenvalue weighted by Gasteiger charge is -2.20. The van der Waals surface area contributed by atoms with Gasteiger partial charge in [-0.25, -0.2) is 4.79 Å². The minimum atomic E-state index is -0.357. The second-order valence-corrected chi connectivity index (χ2v) is 4.81. The summed E-state index contributed by atoms with van der Waals surface area (Å²) in [5.74, 6) is 0. The predicted octanol–water partition coefficient (Wildman–Crippen LogP) is 2.66. The van der Waals surface area contributed by atoms with Gasteiger partial charge in [0.2, 0.25) is 0 Å². The standard InChI is InChI=1S/C15H12N4O2/c20-15-19(10-5-2-1-3-6-10)12(9-21-15)14-13-11(17-18-14)7-4-8-16-13/h1-8,12H,9H2,(H,17,18). The van der Waals surface area contributed by atoms with Gasteiger partial charge in [0.1, 0.15) is 23.7 Å². The topological polar surface area (TPSA) is 71.1 Å². The zero-order chi connectivity index (χ0) is 14.2. The minimum absolute atomic E-state index is 0.250. The summed E-state index contributed by atoms with van der Waals surface area (Å²) in [6.45, 7) is 0.279. The summed E-state index contributed by atoms with van der Waals surface area (Å²) in [6.07, 6.45) is 1.36. The lowest BCUT2D eigenvalue weighted by molar-refractivity contribution is 0.178. The van der Waals surface area contributed by atoms with Crippen LogP contribution in [0, 0.1) is 0 Å². The first-order valence-electron chi connectivity index (χ1n) is 6.64. The molecule has 1 aliphatic heterocycles. The number of amides is 1. The van der Waals surface area contributed by atoms with Crippen LogP contribution in [0.1, 0.15) is 11.7 Å². The van der Waals surface area contributed by atoms with Crippen molar-refractivity contribution < 1.29 is 9.53 Å². The number of fused-ring (bicyclic) bond motifs is 1. The zero-order valence-electron chi connectivity index (χ0n) is 11.1. The lowest BCUT2D eigenvalue weighted by Crippen LogP contribution is -2.27. The maximum Gasteiger partial charge on any atom is 0.415 e. The number of para-hydroxylation sites is 1. The van der Waals surface area contributed by atoms with E-state index in [1.54, 1.807) is 11.1 Å². The first kappa shape index (κ1) is 11.9. The Morgan fingerprint density at radius 3 is 2.90 bits per heavy atom. The van der Waals surface area contributed by atoms with Gasteiger partial charge in [0.15, 0.2) is 0 Å². The van der Waals surface area contributed by atoms with Gasteiger partial charge in [0.05, 0.1) is 5.69 Å². The van der Waals surface area contributed by atoms with Gasteiger partial charge in [-0.05, 0) is 24.3 Å². The molecule has 0 spiro atoms. The van der Waals surface area contributed by atoms with Crippen molar-refractivity contribution in [2.45, 2.75) is 6.04 Å². The maximum atomic E-state index is 12.1. The average molecular weight is 280 g/mol. The Morgan fingerprint density at radius 2 is 2.05 bits per heavy atom. The van der Waals surface area contributed by atoms with Crippen LogP contribution in [-0.4, -0.2) is 27.9 Å². The molecule has 3 heterocycles. The van der Waals surface area contributed by atoms with Crippen molar-refractivity contribution in [1.82, 2.24) is 15.2 Å². The third-order valence-corrected chi connectivity index (χ3v) is 3.58. The fourth-order valence-electron chi connectivity index (χ4n) is 2.61. The van der Waals surface area contributed by atoms with Crippen LogP contribution in [0.4, 0.5) is 10.5 Å². The number of ether oxygens (including phenoxy) is 1. The molecule has 104 valence electrons. The molecule has 1 fully saturated rings. The van der Waals surface area contributed by atoms with E-state index in [1.165, 1.54) is 0 Å². The number of hydrogen-bond donors (Lipinski definition) is 1. The second kappa shape index (κ2) is 4.59. The molecule has 4 rings (SSSR count). The molecule has 21 heavy (non-hydrogen) atoms. The van der Waals surface area contributed by atoms with Gasteiger partial charge in [-0.3, -0.25) is 15.0 Å². The number of aromatic amines is 1. The summed E-state index contributed by atoms with van der Waals surface area (Å²) in [7, 11) is 0. The molecule has 0 radical (unpaired) electrons. The Balaban J connectivity index is 1.82. The van der Waals surface area contributed by atoms with Crippen molar-refractivity contribution in [3.05, 3.63) is 54.4 Å². The number of nitrogens with one attached hydrogen (secondary N) is 1. The predicted molar refractivity (Wildman–Crippen MR) is 76.9 cm³/mol. The summed E-state index contributed by atoms with van der Waals surface area (Å²) in [5, 5.41) is 7.22. The fraction of sp³-hybridized carbons (Fsp3) is 0.133. The summed E-state index contributed by atoms with van der Waals surface area (Å²) >= 11 is 0. The van der Waals surface area contributed by atoms with E-state index in [0.29, 0.717) is 0 Å². The number of carbonyl (C=O) groups excluding carboxylic acids is 1. The molecule has 1 aromatic carbocycles. The van der Waals surface area contributed by atoms with Crippen molar-refractivity contribution in [2.75, 3.05) is 11.5 Å². The molecular formula is C15H12N4O2. The van der Waals surface area contributed by atoms with Crippen LogP contribution in [0.25, 0.3) is 11.0 Å². The van der Waals surface area contributed by atoms with E-state index >= 15 is 0 Å². The summed E-state index contributed by atoms with van der Waals surface area (Å²) < 4.78 is 5.22. The summed E-state index contributed by atoms with van der Waals surface area (Å²) in [6, 6.07) is 12.9. The number of H-pyrrole nitrogens is 1. The molecule has 1 N–H and O–H groups in total. The molecule has 0 bridgehead atoms. The number of pyridine rings is 1. The number of nitrogens with zero attached hydrogens (tertiary/aromatic N) is 3. The van der Waals surface area contributed by atoms with Crippen LogP contribution < -0.4 is 4.90 Å². The van der Waals surface area contributed by atoms with E-state index in [0.717, 1.165) is 22.4 Å². The molecule has 3 aromatic rings. The summed E-state index contributed by atoms with van der Waals surface area (Å²) in [5.41, 5.74) is 3.13. The van der Waals surface area contributed by atoms with Gasteiger partial charge in [0.25, 0.3) is 0 Å². The van der Waals surface area contributed by atoms with Gasteiger partial charge in [0, 0.05) is 11.9 Å². The zero-order valence-corrected chi connectivity index (χ0v) is 11.1. The minimum Gasteiger partial charge on any atom is -0.446 e. The average Bonchev–Trinajstić information content (AvgIpc) is 3.11. The van der Waals surface area contributed by atoms with Crippen molar-refractivity contribution in [3.63, 3.8) is 0 Å². The largest absolute Gasteiger partial charge is 0.446 e. The molecule has 1 unspecified atom stereocenters. The third-order valence-electron chi connectivity index (χ3n) is 3.58. The van der Waals surface area contributed by atoms with E-state index in [4.69, 9.17) is 4.74 Å². The Hall–Kier alpha value is -2.89. The van der Waals surface area contributed by atoms with Gasteiger partial charge in [-0.15, -0.1) is 0 Å². The highest BCUT2D eigenvalue weighted by atomic mass is 16.6. The number of hydrogen-bond acceptors (Lipinski definition) is 4. The molecule has 6 nitrogen and oxygen atoms in total. The number of cyclic esters (lactones) is 1. The quantitative estimate of drug-likeness (QED) is 0.783. The van der Waals surface area contributed by atoms with Gasteiger partial charge >= 0.3 is 6.09 Å². The van der Waals surface area contributed by atoms with Crippen molar-refractivity contribution in [3.8, 4) is 0 Å². The fourth-order valence-corrected chi connectivity index (χ4v) is 2.61. The number of rotatable bonds is 2. The maximum absolute atomic E-state index is 12.1. The van der Waals surface area contributed by atoms with E-state index in [-0.39, 0.29) is 18.7 Å². The molecule has 1 atom stereocenters. The molecular weight excluding hydrogens is 268 g/mol. The van der Waals surface area contributed by atoms with Crippen molar-refractivity contribution in [2.24, 2.45) is 0 Å². The number of aromatic nitrogens is 3. The Morgan fingerprint density at radius 1 is 1.19 bits per heavy atom. The Labute approximate surface area is 120 Å². The van der Waals surface area contributed by atoms with Crippen LogP contribution in [0.3, 0.4) is 0 Å². The molecule has 1 amide bonds. The molecule has 1 saturated heterocycles. The van der Waals surface area contributed by atoms with Crippen LogP contribution in [0.2, 0.25) is 0 Å². The number of benzene rings is 1. The summed E-state index contributed by atoms with van der Waals surface area (Å²) in [4.78, 5) is 18.0. The lowest BCUT2D eigenvalue weighted by atomic mass is 10.1. The molecule has 0 aliphatic carbocycles.